The van der Waals surface area contributed by atoms with Crippen LogP contribution in [-0.2, 0) is 6.54 Å². The van der Waals surface area contributed by atoms with Crippen LogP contribution in [0.5, 0.6) is 5.75 Å². The normalized spacial score (nSPS) is 10.4. The first-order valence-corrected chi connectivity index (χ1v) is 6.35. The van der Waals surface area contributed by atoms with Gasteiger partial charge in [0, 0.05) is 18.3 Å². The van der Waals surface area contributed by atoms with E-state index in [1.165, 1.54) is 0 Å². The molecule has 0 saturated carbocycles. The van der Waals surface area contributed by atoms with Gasteiger partial charge in [0.15, 0.2) is 5.78 Å². The van der Waals surface area contributed by atoms with Crippen molar-refractivity contribution in [2.75, 3.05) is 7.11 Å². The summed E-state index contributed by atoms with van der Waals surface area (Å²) in [5.74, 6) is 0.661. The molecule has 0 unspecified atom stereocenters. The van der Waals surface area contributed by atoms with Crippen molar-refractivity contribution in [3.05, 3.63) is 46.2 Å². The second kappa shape index (κ2) is 5.35. The number of halogens is 1. The van der Waals surface area contributed by atoms with Gasteiger partial charge in [0.25, 0.3) is 0 Å². The van der Waals surface area contributed by atoms with E-state index in [1.54, 1.807) is 42.4 Å². The lowest BCUT2D eigenvalue weighted by Gasteiger charge is -2.04. The fourth-order valence-electron chi connectivity index (χ4n) is 1.63. The maximum absolute atomic E-state index is 12.2. The number of nitrogens with zero attached hydrogens (tertiary/aromatic N) is 2. The van der Waals surface area contributed by atoms with Crippen LogP contribution in [0.25, 0.3) is 0 Å². The van der Waals surface area contributed by atoms with E-state index in [4.69, 9.17) is 4.74 Å². The zero-order chi connectivity index (χ0) is 13.1. The van der Waals surface area contributed by atoms with Gasteiger partial charge in [-0.3, -0.25) is 9.48 Å². The van der Waals surface area contributed by atoms with Crippen LogP contribution >= 0.6 is 15.9 Å². The highest BCUT2D eigenvalue weighted by molar-refractivity contribution is 9.10. The molecule has 0 aliphatic carbocycles. The fourth-order valence-corrected chi connectivity index (χ4v) is 2.17. The Morgan fingerprint density at radius 2 is 2.22 bits per heavy atom. The molecule has 1 heterocycles. The molecule has 18 heavy (non-hydrogen) atoms. The molecule has 0 saturated heterocycles. The SMILES string of the molecule is CCn1cc(C(=O)c2ccc(OC)c(Br)c2)cn1. The number of carbonyl (C=O) groups excluding carboxylic acids is 1. The molecule has 4 nitrogen and oxygen atoms in total. The predicted molar refractivity (Wildman–Crippen MR) is 72.0 cm³/mol. The largest absolute Gasteiger partial charge is 0.496 e. The van der Waals surface area contributed by atoms with Gasteiger partial charge in [-0.25, -0.2) is 0 Å². The molecule has 0 amide bonds. The van der Waals surface area contributed by atoms with Crippen LogP contribution in [0.3, 0.4) is 0 Å². The molecule has 0 bridgehead atoms. The second-order valence-electron chi connectivity index (χ2n) is 3.76. The molecule has 1 aromatic carbocycles. The quantitative estimate of drug-likeness (QED) is 0.816. The number of carbonyl (C=O) groups is 1. The van der Waals surface area contributed by atoms with E-state index < -0.39 is 0 Å². The van der Waals surface area contributed by atoms with Crippen LogP contribution in [0.2, 0.25) is 0 Å². The van der Waals surface area contributed by atoms with Gasteiger partial charge in [-0.15, -0.1) is 0 Å². The summed E-state index contributed by atoms with van der Waals surface area (Å²) in [6.45, 7) is 2.73. The monoisotopic (exact) mass is 308 g/mol. The van der Waals surface area contributed by atoms with Gasteiger partial charge in [-0.05, 0) is 41.1 Å². The van der Waals surface area contributed by atoms with Crippen LogP contribution in [0.1, 0.15) is 22.8 Å². The minimum atomic E-state index is -0.0435. The summed E-state index contributed by atoms with van der Waals surface area (Å²) in [7, 11) is 1.59. The average molecular weight is 309 g/mol. The lowest BCUT2D eigenvalue weighted by atomic mass is 10.1. The molecular formula is C13H13BrN2O2. The minimum Gasteiger partial charge on any atom is -0.496 e. The standard InChI is InChI=1S/C13H13BrN2O2/c1-3-16-8-10(7-15-16)13(17)9-4-5-12(18-2)11(14)6-9/h4-8H,3H2,1-2H3. The molecule has 94 valence electrons. The number of hydrogen-bond acceptors (Lipinski definition) is 3. The van der Waals surface area contributed by atoms with Gasteiger partial charge in [-0.1, -0.05) is 0 Å². The number of methoxy groups -OCH3 is 1. The molecular weight excluding hydrogens is 296 g/mol. The lowest BCUT2D eigenvalue weighted by molar-refractivity contribution is 0.103. The van der Waals surface area contributed by atoms with Crippen molar-refractivity contribution in [1.29, 1.82) is 0 Å². The Kier molecular flexibility index (Phi) is 3.81. The van der Waals surface area contributed by atoms with Gasteiger partial charge < -0.3 is 4.74 Å². The highest BCUT2D eigenvalue weighted by Gasteiger charge is 2.13. The molecule has 0 atom stereocenters. The molecule has 5 heteroatoms. The number of benzene rings is 1. The number of hydrogen-bond donors (Lipinski definition) is 0. The van der Waals surface area contributed by atoms with Crippen molar-refractivity contribution in [1.82, 2.24) is 9.78 Å². The third-order valence-corrected chi connectivity index (χ3v) is 3.25. The molecule has 0 radical (unpaired) electrons. The maximum atomic E-state index is 12.2. The molecule has 1 aromatic heterocycles. The first kappa shape index (κ1) is 12.8. The van der Waals surface area contributed by atoms with E-state index in [1.807, 2.05) is 6.92 Å². The fraction of sp³-hybridized carbons (Fsp3) is 0.231. The number of rotatable bonds is 4. The molecule has 0 spiro atoms. The molecule has 0 fully saturated rings. The van der Waals surface area contributed by atoms with E-state index in [-0.39, 0.29) is 5.78 Å². The smallest absolute Gasteiger partial charge is 0.196 e. The summed E-state index contributed by atoms with van der Waals surface area (Å²) in [5, 5.41) is 4.10. The number of ketones is 1. The molecule has 0 N–H and O–H groups in total. The Hall–Kier alpha value is -1.62. The molecule has 0 aliphatic rings. The molecule has 2 rings (SSSR count). The van der Waals surface area contributed by atoms with Crippen molar-refractivity contribution in [3.8, 4) is 5.75 Å². The highest BCUT2D eigenvalue weighted by Crippen LogP contribution is 2.26. The lowest BCUT2D eigenvalue weighted by Crippen LogP contribution is -2.00. The highest BCUT2D eigenvalue weighted by atomic mass is 79.9. The van der Waals surface area contributed by atoms with Gasteiger partial charge in [0.2, 0.25) is 0 Å². The van der Waals surface area contributed by atoms with Crippen molar-refractivity contribution >= 4 is 21.7 Å². The first-order chi connectivity index (χ1) is 8.65. The Morgan fingerprint density at radius 3 is 2.78 bits per heavy atom. The van der Waals surface area contributed by atoms with Crippen molar-refractivity contribution in [3.63, 3.8) is 0 Å². The van der Waals surface area contributed by atoms with E-state index in [9.17, 15) is 4.79 Å². The van der Waals surface area contributed by atoms with Crippen LogP contribution in [-0.4, -0.2) is 22.7 Å². The second-order valence-corrected chi connectivity index (χ2v) is 4.62. The number of ether oxygens (including phenoxy) is 1. The van der Waals surface area contributed by atoms with Crippen LogP contribution in [0, 0.1) is 0 Å². The summed E-state index contributed by atoms with van der Waals surface area (Å²) >= 11 is 3.37. The van der Waals surface area contributed by atoms with E-state index in [0.717, 1.165) is 11.0 Å². The third-order valence-electron chi connectivity index (χ3n) is 2.63. The summed E-state index contributed by atoms with van der Waals surface area (Å²) < 4.78 is 7.62. The summed E-state index contributed by atoms with van der Waals surface area (Å²) in [4.78, 5) is 12.2. The van der Waals surface area contributed by atoms with Crippen LogP contribution in [0.4, 0.5) is 0 Å². The Balaban J connectivity index is 2.31. The zero-order valence-electron chi connectivity index (χ0n) is 10.2. The van der Waals surface area contributed by atoms with E-state index in [0.29, 0.717) is 16.9 Å². The van der Waals surface area contributed by atoms with E-state index >= 15 is 0 Å². The topological polar surface area (TPSA) is 44.1 Å². The average Bonchev–Trinajstić information content (AvgIpc) is 2.86. The van der Waals surface area contributed by atoms with Gasteiger partial charge in [0.1, 0.15) is 5.75 Å². The van der Waals surface area contributed by atoms with Gasteiger partial charge in [0.05, 0.1) is 23.3 Å². The Bertz CT molecular complexity index is 578. The van der Waals surface area contributed by atoms with Crippen molar-refractivity contribution < 1.29 is 9.53 Å². The first-order valence-electron chi connectivity index (χ1n) is 5.56. The van der Waals surface area contributed by atoms with Crippen molar-refractivity contribution in [2.24, 2.45) is 0 Å². The Morgan fingerprint density at radius 1 is 1.44 bits per heavy atom. The van der Waals surface area contributed by atoms with Crippen LogP contribution < -0.4 is 4.74 Å². The molecule has 2 aromatic rings. The third kappa shape index (κ3) is 2.46. The van der Waals surface area contributed by atoms with E-state index in [2.05, 4.69) is 21.0 Å². The van der Waals surface area contributed by atoms with Crippen molar-refractivity contribution in [2.45, 2.75) is 13.5 Å². The predicted octanol–water partition coefficient (Wildman–Crippen LogP) is 2.91. The maximum Gasteiger partial charge on any atom is 0.196 e. The minimum absolute atomic E-state index is 0.0435. The van der Waals surface area contributed by atoms with Gasteiger partial charge in [-0.2, -0.15) is 5.10 Å². The summed E-state index contributed by atoms with van der Waals surface area (Å²) in [5.41, 5.74) is 1.20. The summed E-state index contributed by atoms with van der Waals surface area (Å²) in [6, 6.07) is 5.27. The molecule has 0 aliphatic heterocycles. The number of aromatic nitrogens is 2. The van der Waals surface area contributed by atoms with Crippen LogP contribution in [0.15, 0.2) is 35.1 Å². The van der Waals surface area contributed by atoms with Gasteiger partial charge >= 0.3 is 0 Å². The zero-order valence-corrected chi connectivity index (χ0v) is 11.8. The summed E-state index contributed by atoms with van der Waals surface area (Å²) in [6.07, 6.45) is 3.34. The Labute approximate surface area is 114 Å². The number of aryl methyl sites for hydroxylation is 1.